The summed E-state index contributed by atoms with van der Waals surface area (Å²) in [5.41, 5.74) is 0.215. The number of rotatable bonds is 7. The van der Waals surface area contributed by atoms with Crippen LogP contribution in [0.3, 0.4) is 0 Å². The Morgan fingerprint density at radius 1 is 1.19 bits per heavy atom. The average Bonchev–Trinajstić information content (AvgIpc) is 3.60. The molecule has 15 heteroatoms. The largest absolute Gasteiger partial charge is 0.394 e. The second-order valence-corrected chi connectivity index (χ2v) is 11.1. The highest BCUT2D eigenvalue weighted by Crippen LogP contribution is 2.36. The molecule has 2 aliphatic heterocycles. The molecule has 2 fully saturated rings. The third-order valence-corrected chi connectivity index (χ3v) is 8.03. The second kappa shape index (κ2) is 12.5. The normalized spacial score (nSPS) is 27.8. The molecule has 1 amide bonds. The maximum atomic E-state index is 14.7. The van der Waals surface area contributed by atoms with Gasteiger partial charge in [-0.3, -0.25) is 4.79 Å². The number of β-amino-alcohol motifs (C(OH)–C–C–N with tert-alkyl or cyclic N) is 1. The van der Waals surface area contributed by atoms with Gasteiger partial charge in [-0.2, -0.15) is 0 Å². The predicted octanol–water partition coefficient (Wildman–Crippen LogP) is 1.88. The molecule has 7 atom stereocenters. The molecule has 0 aliphatic carbocycles. The molecule has 3 aromatic rings. The van der Waals surface area contributed by atoms with Crippen molar-refractivity contribution >= 4 is 34.8 Å². The van der Waals surface area contributed by atoms with Gasteiger partial charge in [-0.1, -0.05) is 34.5 Å². The number of aliphatic hydroxyl groups excluding tert-OH is 3. The first-order chi connectivity index (χ1) is 20.0. The molecule has 0 bridgehead atoms. The van der Waals surface area contributed by atoms with Gasteiger partial charge in [0.05, 0.1) is 24.9 Å². The lowest BCUT2D eigenvalue weighted by Gasteiger charge is -2.45. The van der Waals surface area contributed by atoms with Gasteiger partial charge >= 0.3 is 0 Å². The van der Waals surface area contributed by atoms with Gasteiger partial charge in [-0.05, 0) is 36.8 Å². The van der Waals surface area contributed by atoms with Crippen LogP contribution in [-0.4, -0.2) is 99.6 Å². The van der Waals surface area contributed by atoms with Gasteiger partial charge in [0.2, 0.25) is 0 Å². The van der Waals surface area contributed by atoms with Gasteiger partial charge in [0.15, 0.2) is 17.7 Å². The Morgan fingerprint density at radius 2 is 1.90 bits per heavy atom. The molecule has 3 heterocycles. The Hall–Kier alpha value is -2.75. The van der Waals surface area contributed by atoms with E-state index in [0.717, 1.165) is 0 Å². The van der Waals surface area contributed by atoms with Crippen molar-refractivity contribution in [1.82, 2.24) is 20.3 Å². The third kappa shape index (κ3) is 5.63. The lowest BCUT2D eigenvalue weighted by Crippen LogP contribution is -2.63. The van der Waals surface area contributed by atoms with E-state index in [0.29, 0.717) is 0 Å². The van der Waals surface area contributed by atoms with Crippen molar-refractivity contribution < 1.29 is 38.4 Å². The van der Waals surface area contributed by atoms with Crippen LogP contribution in [0, 0.1) is 18.6 Å². The summed E-state index contributed by atoms with van der Waals surface area (Å²) in [6.45, 7) is 1.21. The van der Waals surface area contributed by atoms with Crippen molar-refractivity contribution in [2.24, 2.45) is 0 Å². The van der Waals surface area contributed by atoms with Crippen LogP contribution in [0.25, 0.3) is 11.3 Å². The summed E-state index contributed by atoms with van der Waals surface area (Å²) >= 11 is 12.5. The third-order valence-electron chi connectivity index (χ3n) is 7.60. The van der Waals surface area contributed by atoms with Crippen LogP contribution in [0.2, 0.25) is 10.0 Å². The number of nitrogens with zero attached hydrogens (tertiary/aromatic N) is 4. The minimum atomic E-state index is -1.45. The molecule has 2 aromatic carbocycles. The number of anilines is 1. The van der Waals surface area contributed by atoms with Gasteiger partial charge in [0.25, 0.3) is 5.91 Å². The lowest BCUT2D eigenvalue weighted by atomic mass is 9.91. The Morgan fingerprint density at radius 3 is 2.52 bits per heavy atom. The van der Waals surface area contributed by atoms with E-state index in [1.807, 2.05) is 0 Å². The Bertz CT molecular complexity index is 1440. The van der Waals surface area contributed by atoms with E-state index >= 15 is 0 Å². The number of aromatic nitrogens is 3. The number of methoxy groups -OCH3 is 1. The lowest BCUT2D eigenvalue weighted by molar-refractivity contribution is -0.211. The second-order valence-electron chi connectivity index (χ2n) is 10.2. The fraction of sp³-hybridized carbons (Fsp3) is 0.444. The molecule has 2 saturated heterocycles. The van der Waals surface area contributed by atoms with Crippen LogP contribution < -0.4 is 10.2 Å². The van der Waals surface area contributed by atoms with E-state index in [2.05, 4.69) is 15.6 Å². The Balaban J connectivity index is 1.55. The average molecular weight is 628 g/mol. The highest BCUT2D eigenvalue weighted by atomic mass is 35.5. The van der Waals surface area contributed by atoms with Crippen molar-refractivity contribution in [3.05, 3.63) is 63.8 Å². The highest BCUT2D eigenvalue weighted by Gasteiger charge is 2.52. The number of amides is 1. The standard InChI is InChI=1S/C27H29Cl2F2N5O6/c1-12-3-4-16(22(31)21(12)30)17-10-35(34-33-17)23-24(39)20(11-37)42-26(25(23)41-2)27(40)36(18-8-32-9-19(18)38)15-6-13(28)5-14(29)7-15/h3-7,10,18-20,23-26,32,37-39H,8-9,11H2,1-2H3/t18-,19-,20?,23?,24?,25?,26?/m0/s1. The first-order valence-corrected chi connectivity index (χ1v) is 13.8. The van der Waals surface area contributed by atoms with Crippen molar-refractivity contribution in [3.63, 3.8) is 0 Å². The Kier molecular flexibility index (Phi) is 9.11. The van der Waals surface area contributed by atoms with Crippen LogP contribution in [0.1, 0.15) is 11.6 Å². The first kappa shape index (κ1) is 30.7. The molecule has 42 heavy (non-hydrogen) atoms. The van der Waals surface area contributed by atoms with Gasteiger partial charge in [0.1, 0.15) is 30.0 Å². The SMILES string of the molecule is COC1C(C(=O)N(c2cc(Cl)cc(Cl)c2)[C@H]2CNC[C@@H]2O)OC(CO)C(O)C1n1cc(-c2ccc(C)c(F)c2F)nn1. The van der Waals surface area contributed by atoms with Crippen LogP contribution in [0.15, 0.2) is 36.5 Å². The van der Waals surface area contributed by atoms with Gasteiger partial charge in [0, 0.05) is 41.5 Å². The smallest absolute Gasteiger partial charge is 0.259 e. The molecule has 1 aromatic heterocycles. The summed E-state index contributed by atoms with van der Waals surface area (Å²) in [5, 5.41) is 43.5. The van der Waals surface area contributed by atoms with Crippen molar-refractivity contribution in [2.45, 2.75) is 49.5 Å². The number of nitrogens with one attached hydrogen (secondary N) is 1. The fourth-order valence-electron chi connectivity index (χ4n) is 5.46. The number of halogens is 4. The molecular formula is C27H29Cl2F2N5O6. The zero-order chi connectivity index (χ0) is 30.3. The summed E-state index contributed by atoms with van der Waals surface area (Å²) in [4.78, 5) is 15.6. The number of ether oxygens (including phenoxy) is 2. The maximum Gasteiger partial charge on any atom is 0.259 e. The van der Waals surface area contributed by atoms with E-state index < -0.39 is 66.8 Å². The van der Waals surface area contributed by atoms with Gasteiger partial charge in [-0.15, -0.1) is 5.10 Å². The predicted molar refractivity (Wildman–Crippen MR) is 148 cm³/mol. The maximum absolute atomic E-state index is 14.7. The molecule has 0 radical (unpaired) electrons. The van der Waals surface area contributed by atoms with Gasteiger partial charge < -0.3 is 35.0 Å². The highest BCUT2D eigenvalue weighted by molar-refractivity contribution is 6.35. The molecule has 0 saturated carbocycles. The van der Waals surface area contributed by atoms with E-state index in [9.17, 15) is 28.9 Å². The molecule has 4 N–H and O–H groups in total. The summed E-state index contributed by atoms with van der Waals surface area (Å²) in [6.07, 6.45) is -5.04. The zero-order valence-electron chi connectivity index (χ0n) is 22.5. The number of benzene rings is 2. The van der Waals surface area contributed by atoms with Gasteiger partial charge in [-0.25, -0.2) is 13.5 Å². The van der Waals surface area contributed by atoms with Crippen LogP contribution >= 0.6 is 23.2 Å². The van der Waals surface area contributed by atoms with E-state index in [4.69, 9.17) is 32.7 Å². The summed E-state index contributed by atoms with van der Waals surface area (Å²) < 4.78 is 41.7. The number of hydrogen-bond acceptors (Lipinski definition) is 9. The molecule has 11 nitrogen and oxygen atoms in total. The monoisotopic (exact) mass is 627 g/mol. The van der Waals surface area contributed by atoms with Crippen molar-refractivity contribution in [1.29, 1.82) is 0 Å². The zero-order valence-corrected chi connectivity index (χ0v) is 24.0. The minimum absolute atomic E-state index is 0.0290. The summed E-state index contributed by atoms with van der Waals surface area (Å²) in [5.74, 6) is -2.81. The molecule has 5 rings (SSSR count). The molecule has 0 spiro atoms. The Labute approximate surface area is 249 Å². The van der Waals surface area contributed by atoms with Crippen molar-refractivity contribution in [2.75, 3.05) is 31.7 Å². The number of carbonyl (C=O) groups is 1. The number of aryl methyl sites for hydroxylation is 1. The molecule has 2 aliphatic rings. The first-order valence-electron chi connectivity index (χ1n) is 13.1. The summed E-state index contributed by atoms with van der Waals surface area (Å²) in [7, 11) is 1.30. The topological polar surface area (TPSA) is 142 Å². The van der Waals surface area contributed by atoms with Crippen LogP contribution in [0.5, 0.6) is 0 Å². The minimum Gasteiger partial charge on any atom is -0.394 e. The van der Waals surface area contributed by atoms with E-state index in [1.54, 1.807) is 0 Å². The van der Waals surface area contributed by atoms with Crippen LogP contribution in [-0.2, 0) is 14.3 Å². The molecule has 5 unspecified atom stereocenters. The number of aliphatic hydroxyl groups is 3. The van der Waals surface area contributed by atoms with E-state index in [1.165, 1.54) is 60.1 Å². The molecular weight excluding hydrogens is 599 g/mol. The van der Waals surface area contributed by atoms with Crippen LogP contribution in [0.4, 0.5) is 14.5 Å². The molecule has 226 valence electrons. The fourth-order valence-corrected chi connectivity index (χ4v) is 5.98. The van der Waals surface area contributed by atoms with E-state index in [-0.39, 0.29) is 45.6 Å². The number of hydrogen-bond donors (Lipinski definition) is 4. The quantitative estimate of drug-likeness (QED) is 0.309. The van der Waals surface area contributed by atoms with Crippen molar-refractivity contribution in [3.8, 4) is 11.3 Å². The summed E-state index contributed by atoms with van der Waals surface area (Å²) in [6, 6.07) is 5.36. The number of carbonyl (C=O) groups excluding carboxylic acids is 1.